The van der Waals surface area contributed by atoms with Gasteiger partial charge in [-0.1, -0.05) is 35.9 Å². The van der Waals surface area contributed by atoms with Crippen LogP contribution in [0.3, 0.4) is 0 Å². The normalized spacial score (nSPS) is 18.2. The molecule has 0 bridgehead atoms. The minimum absolute atomic E-state index is 0.0493. The van der Waals surface area contributed by atoms with Crippen LogP contribution in [0.5, 0.6) is 0 Å². The van der Waals surface area contributed by atoms with Crippen LogP contribution in [0.1, 0.15) is 28.5 Å². The number of carbonyl (C=O) groups excluding carboxylic acids is 1. The maximum absolute atomic E-state index is 12.7. The number of amides is 1. The van der Waals surface area contributed by atoms with Crippen LogP contribution in [0.15, 0.2) is 47.8 Å². The number of nitrogens with one attached hydrogen (secondary N) is 1. The van der Waals surface area contributed by atoms with Crippen LogP contribution in [0.2, 0.25) is 5.02 Å². The van der Waals surface area contributed by atoms with Gasteiger partial charge < -0.3 is 5.32 Å². The van der Waals surface area contributed by atoms with Gasteiger partial charge in [-0.2, -0.15) is 5.10 Å². The molecule has 1 aromatic carbocycles. The Labute approximate surface area is 172 Å². The van der Waals surface area contributed by atoms with Gasteiger partial charge in [-0.25, -0.2) is 8.42 Å². The highest BCUT2D eigenvalue weighted by Crippen LogP contribution is 2.32. The van der Waals surface area contributed by atoms with Gasteiger partial charge in [-0.05, 0) is 35.6 Å². The molecule has 28 heavy (non-hydrogen) atoms. The average molecular weight is 436 g/mol. The average Bonchev–Trinajstić information content (AvgIpc) is 3.39. The molecular formula is C19H18ClN3O3S2. The number of aromatic nitrogens is 2. The topological polar surface area (TPSA) is 81.1 Å². The van der Waals surface area contributed by atoms with Crippen LogP contribution < -0.4 is 5.32 Å². The summed E-state index contributed by atoms with van der Waals surface area (Å²) in [5, 5.41) is 9.82. The van der Waals surface area contributed by atoms with Crippen molar-refractivity contribution in [2.45, 2.75) is 19.0 Å². The highest BCUT2D eigenvalue weighted by Gasteiger charge is 2.32. The third kappa shape index (κ3) is 3.99. The standard InChI is InChI=1S/C19H18ClN3O3S2/c20-15-5-2-1-4-13(15)11-21-19(24)16-10-17(18-6-3-8-27-18)23(22-16)14-7-9-28(25,26)12-14/h1-6,8,10,14H,7,9,11-12H2,(H,21,24). The van der Waals surface area contributed by atoms with Crippen LogP contribution in [0.25, 0.3) is 10.6 Å². The van der Waals surface area contributed by atoms with E-state index in [0.29, 0.717) is 11.4 Å². The highest BCUT2D eigenvalue weighted by atomic mass is 35.5. The van der Waals surface area contributed by atoms with Crippen molar-refractivity contribution >= 4 is 38.7 Å². The zero-order valence-electron chi connectivity index (χ0n) is 14.8. The van der Waals surface area contributed by atoms with E-state index in [4.69, 9.17) is 11.6 Å². The first-order chi connectivity index (χ1) is 13.4. The van der Waals surface area contributed by atoms with E-state index < -0.39 is 9.84 Å². The molecule has 1 aliphatic heterocycles. The maximum atomic E-state index is 12.7. The van der Waals surface area contributed by atoms with Crippen LogP contribution in [0, 0.1) is 0 Å². The number of carbonyl (C=O) groups is 1. The van der Waals surface area contributed by atoms with E-state index in [1.54, 1.807) is 16.8 Å². The SMILES string of the molecule is O=C(NCc1ccccc1Cl)c1cc(-c2cccs2)n(C2CCS(=O)(=O)C2)n1. The molecule has 1 unspecified atom stereocenters. The first kappa shape index (κ1) is 19.2. The Balaban J connectivity index is 1.60. The summed E-state index contributed by atoms with van der Waals surface area (Å²) < 4.78 is 25.5. The van der Waals surface area contributed by atoms with Crippen molar-refractivity contribution in [3.8, 4) is 10.6 Å². The molecule has 146 valence electrons. The smallest absolute Gasteiger partial charge is 0.272 e. The van der Waals surface area contributed by atoms with Gasteiger partial charge in [-0.3, -0.25) is 9.48 Å². The fraction of sp³-hybridized carbons (Fsp3) is 0.263. The lowest BCUT2D eigenvalue weighted by atomic mass is 10.2. The Morgan fingerprint density at radius 2 is 2.11 bits per heavy atom. The second-order valence-corrected chi connectivity index (χ2v) is 10.3. The van der Waals surface area contributed by atoms with Gasteiger partial charge in [0, 0.05) is 11.6 Å². The molecule has 4 rings (SSSR count). The molecule has 3 aromatic rings. The van der Waals surface area contributed by atoms with Gasteiger partial charge >= 0.3 is 0 Å². The number of sulfone groups is 1. The Morgan fingerprint density at radius 1 is 1.29 bits per heavy atom. The Morgan fingerprint density at radius 3 is 2.79 bits per heavy atom. The molecule has 0 spiro atoms. The van der Waals surface area contributed by atoms with Crippen molar-refractivity contribution in [1.29, 1.82) is 0 Å². The Bertz CT molecular complexity index is 1110. The maximum Gasteiger partial charge on any atom is 0.272 e. The fourth-order valence-electron chi connectivity index (χ4n) is 3.27. The Hall–Kier alpha value is -2.16. The first-order valence-corrected chi connectivity index (χ1v) is 11.9. The molecular weight excluding hydrogens is 418 g/mol. The number of nitrogens with zero attached hydrogens (tertiary/aromatic N) is 2. The summed E-state index contributed by atoms with van der Waals surface area (Å²) in [5.74, 6) is -0.124. The van der Waals surface area contributed by atoms with Gasteiger partial charge in [0.2, 0.25) is 0 Å². The van der Waals surface area contributed by atoms with Crippen LogP contribution in [0.4, 0.5) is 0 Å². The van der Waals surface area contributed by atoms with Gasteiger partial charge in [0.1, 0.15) is 0 Å². The summed E-state index contributed by atoms with van der Waals surface area (Å²) in [4.78, 5) is 13.6. The number of benzene rings is 1. The number of hydrogen-bond acceptors (Lipinski definition) is 5. The molecule has 1 fully saturated rings. The van der Waals surface area contributed by atoms with E-state index >= 15 is 0 Å². The van der Waals surface area contributed by atoms with Gasteiger partial charge in [-0.15, -0.1) is 11.3 Å². The molecule has 1 aliphatic rings. The molecule has 1 N–H and O–H groups in total. The number of halogens is 1. The molecule has 3 heterocycles. The van der Waals surface area contributed by atoms with E-state index in [1.807, 2.05) is 35.7 Å². The van der Waals surface area contributed by atoms with Gasteiger partial charge in [0.05, 0.1) is 28.1 Å². The minimum atomic E-state index is -3.06. The predicted molar refractivity (Wildman–Crippen MR) is 110 cm³/mol. The van der Waals surface area contributed by atoms with Gasteiger partial charge in [0.15, 0.2) is 15.5 Å². The van der Waals surface area contributed by atoms with Crippen molar-refractivity contribution in [1.82, 2.24) is 15.1 Å². The molecule has 9 heteroatoms. The summed E-state index contributed by atoms with van der Waals surface area (Å²) in [7, 11) is -3.06. The van der Waals surface area contributed by atoms with E-state index in [2.05, 4.69) is 10.4 Å². The van der Waals surface area contributed by atoms with Crippen molar-refractivity contribution < 1.29 is 13.2 Å². The molecule has 1 amide bonds. The summed E-state index contributed by atoms with van der Waals surface area (Å²) >= 11 is 7.66. The van der Waals surface area contributed by atoms with Gasteiger partial charge in [0.25, 0.3) is 5.91 Å². The fourth-order valence-corrected chi connectivity index (χ4v) is 5.90. The van der Waals surface area contributed by atoms with Crippen molar-refractivity contribution in [3.05, 3.63) is 64.1 Å². The second-order valence-electron chi connectivity index (χ2n) is 6.67. The zero-order chi connectivity index (χ0) is 19.7. The largest absolute Gasteiger partial charge is 0.347 e. The second kappa shape index (κ2) is 7.69. The molecule has 0 radical (unpaired) electrons. The van der Waals surface area contributed by atoms with Crippen LogP contribution >= 0.6 is 22.9 Å². The molecule has 6 nitrogen and oxygen atoms in total. The number of rotatable bonds is 5. The van der Waals surface area contributed by atoms with Crippen molar-refractivity contribution in [3.63, 3.8) is 0 Å². The van der Waals surface area contributed by atoms with E-state index in [1.165, 1.54) is 11.3 Å². The summed E-state index contributed by atoms with van der Waals surface area (Å²) in [6.45, 7) is 0.289. The highest BCUT2D eigenvalue weighted by molar-refractivity contribution is 7.91. The van der Waals surface area contributed by atoms with Crippen molar-refractivity contribution in [2.24, 2.45) is 0 Å². The molecule has 0 saturated carbocycles. The third-order valence-electron chi connectivity index (χ3n) is 4.69. The predicted octanol–water partition coefficient (Wildman–Crippen LogP) is 3.55. The lowest BCUT2D eigenvalue weighted by Crippen LogP contribution is -2.24. The minimum Gasteiger partial charge on any atom is -0.347 e. The lowest BCUT2D eigenvalue weighted by Gasteiger charge is -2.12. The van der Waals surface area contributed by atoms with E-state index in [0.717, 1.165) is 16.1 Å². The monoisotopic (exact) mass is 435 g/mol. The first-order valence-electron chi connectivity index (χ1n) is 8.78. The van der Waals surface area contributed by atoms with E-state index in [9.17, 15) is 13.2 Å². The number of hydrogen-bond donors (Lipinski definition) is 1. The lowest BCUT2D eigenvalue weighted by molar-refractivity contribution is 0.0945. The molecule has 2 aromatic heterocycles. The molecule has 1 atom stereocenters. The Kier molecular flexibility index (Phi) is 5.27. The zero-order valence-corrected chi connectivity index (χ0v) is 17.2. The quantitative estimate of drug-likeness (QED) is 0.664. The van der Waals surface area contributed by atoms with Crippen LogP contribution in [-0.2, 0) is 16.4 Å². The summed E-state index contributed by atoms with van der Waals surface area (Å²) in [5.41, 5.74) is 1.84. The van der Waals surface area contributed by atoms with E-state index in [-0.39, 0.29) is 35.7 Å². The molecule has 1 saturated heterocycles. The third-order valence-corrected chi connectivity index (χ3v) is 7.70. The van der Waals surface area contributed by atoms with Crippen molar-refractivity contribution in [2.75, 3.05) is 11.5 Å². The summed E-state index contributed by atoms with van der Waals surface area (Å²) in [6.07, 6.45) is 0.503. The van der Waals surface area contributed by atoms with Crippen LogP contribution in [-0.4, -0.2) is 35.6 Å². The molecule has 0 aliphatic carbocycles. The summed E-state index contributed by atoms with van der Waals surface area (Å²) in [6, 6.07) is 12.6. The number of thiophene rings is 1.